The summed E-state index contributed by atoms with van der Waals surface area (Å²) in [4.78, 5) is 0. The number of aliphatic hydroxyl groups is 1. The molecule has 106 valence electrons. The number of nitrogens with one attached hydrogen (secondary N) is 1. The Kier molecular flexibility index (Phi) is 5.71. The molecule has 2 N–H and O–H groups in total. The highest BCUT2D eigenvalue weighted by Crippen LogP contribution is 2.15. The van der Waals surface area contributed by atoms with Crippen molar-refractivity contribution < 1.29 is 9.50 Å². The number of hydrogen-bond acceptors (Lipinski definition) is 2. The summed E-state index contributed by atoms with van der Waals surface area (Å²) >= 11 is 3.23. The molecule has 20 heavy (non-hydrogen) atoms. The maximum Gasteiger partial charge on any atom is 0.128 e. The third kappa shape index (κ3) is 4.40. The molecule has 2 nitrogen and oxygen atoms in total. The van der Waals surface area contributed by atoms with E-state index >= 15 is 0 Å². The topological polar surface area (TPSA) is 32.3 Å². The van der Waals surface area contributed by atoms with Gasteiger partial charge in [0, 0.05) is 22.6 Å². The van der Waals surface area contributed by atoms with Gasteiger partial charge in [-0.1, -0.05) is 52.3 Å². The van der Waals surface area contributed by atoms with Crippen LogP contribution in [0.15, 0.2) is 53.0 Å². The van der Waals surface area contributed by atoms with Crippen molar-refractivity contribution >= 4 is 15.9 Å². The number of hydrogen-bond donors (Lipinski definition) is 2. The third-order valence-electron chi connectivity index (χ3n) is 3.14. The van der Waals surface area contributed by atoms with E-state index in [1.807, 2.05) is 36.4 Å². The summed E-state index contributed by atoms with van der Waals surface area (Å²) in [5.74, 6) is -0.247. The third-order valence-corrected chi connectivity index (χ3v) is 3.63. The quantitative estimate of drug-likeness (QED) is 0.847. The second kappa shape index (κ2) is 7.53. The van der Waals surface area contributed by atoms with Gasteiger partial charge in [0.1, 0.15) is 5.82 Å². The van der Waals surface area contributed by atoms with Gasteiger partial charge in [0.15, 0.2) is 0 Å². The number of benzene rings is 2. The molecule has 2 rings (SSSR count). The van der Waals surface area contributed by atoms with Crippen LogP contribution in [0.1, 0.15) is 11.1 Å². The van der Waals surface area contributed by atoms with Gasteiger partial charge in [-0.25, -0.2) is 4.39 Å². The normalized spacial score (nSPS) is 12.3. The lowest BCUT2D eigenvalue weighted by atomic mass is 10.1. The molecule has 0 unspecified atom stereocenters. The second-order valence-electron chi connectivity index (χ2n) is 4.69. The Morgan fingerprint density at radius 2 is 1.90 bits per heavy atom. The molecule has 0 aliphatic heterocycles. The van der Waals surface area contributed by atoms with E-state index in [1.54, 1.807) is 6.07 Å². The molecule has 0 aliphatic rings. The number of rotatable bonds is 6. The van der Waals surface area contributed by atoms with Gasteiger partial charge in [-0.15, -0.1) is 0 Å². The molecule has 2 aromatic rings. The zero-order chi connectivity index (χ0) is 14.4. The highest BCUT2D eigenvalue weighted by Gasteiger charge is 2.09. The predicted molar refractivity (Wildman–Crippen MR) is 82.0 cm³/mol. The monoisotopic (exact) mass is 337 g/mol. The highest BCUT2D eigenvalue weighted by molar-refractivity contribution is 9.10. The van der Waals surface area contributed by atoms with Crippen LogP contribution in [0, 0.1) is 5.82 Å². The van der Waals surface area contributed by atoms with Crippen LogP contribution in [-0.2, 0) is 13.0 Å². The molecule has 2 aromatic carbocycles. The van der Waals surface area contributed by atoms with Gasteiger partial charge in [-0.2, -0.15) is 0 Å². The summed E-state index contributed by atoms with van der Waals surface area (Å²) in [6.45, 7) is 0.421. The molecule has 0 amide bonds. The Morgan fingerprint density at radius 1 is 1.15 bits per heavy atom. The van der Waals surface area contributed by atoms with E-state index in [2.05, 4.69) is 21.2 Å². The fraction of sp³-hybridized carbons (Fsp3) is 0.250. The average Bonchev–Trinajstić information content (AvgIpc) is 2.46. The van der Waals surface area contributed by atoms with E-state index in [9.17, 15) is 9.50 Å². The van der Waals surface area contributed by atoms with Crippen LogP contribution >= 0.6 is 15.9 Å². The summed E-state index contributed by atoms with van der Waals surface area (Å²) in [6.07, 6.45) is 0.718. The number of halogens is 2. The molecule has 4 heteroatoms. The van der Waals surface area contributed by atoms with Crippen LogP contribution < -0.4 is 5.32 Å². The van der Waals surface area contributed by atoms with Crippen molar-refractivity contribution in [1.82, 2.24) is 5.32 Å². The lowest BCUT2D eigenvalue weighted by Crippen LogP contribution is -2.34. The van der Waals surface area contributed by atoms with E-state index in [-0.39, 0.29) is 18.5 Å². The molecule has 0 saturated heterocycles. The zero-order valence-electron chi connectivity index (χ0n) is 11.0. The van der Waals surface area contributed by atoms with Crippen molar-refractivity contribution in [3.63, 3.8) is 0 Å². The summed E-state index contributed by atoms with van der Waals surface area (Å²) < 4.78 is 14.4. The first kappa shape index (κ1) is 15.2. The highest BCUT2D eigenvalue weighted by atomic mass is 79.9. The minimum Gasteiger partial charge on any atom is -0.395 e. The van der Waals surface area contributed by atoms with Gasteiger partial charge in [-0.3, -0.25) is 0 Å². The van der Waals surface area contributed by atoms with E-state index in [1.165, 1.54) is 6.07 Å². The first-order valence-corrected chi connectivity index (χ1v) is 7.30. The van der Waals surface area contributed by atoms with Gasteiger partial charge in [-0.05, 0) is 24.1 Å². The maximum absolute atomic E-state index is 13.7. The van der Waals surface area contributed by atoms with Crippen LogP contribution in [-0.4, -0.2) is 17.8 Å². The first-order valence-electron chi connectivity index (χ1n) is 6.51. The molecule has 0 aromatic heterocycles. The summed E-state index contributed by atoms with van der Waals surface area (Å²) in [6, 6.07) is 14.9. The summed E-state index contributed by atoms with van der Waals surface area (Å²) in [5, 5.41) is 12.6. The van der Waals surface area contributed by atoms with Crippen LogP contribution in [0.2, 0.25) is 0 Å². The van der Waals surface area contributed by atoms with E-state index < -0.39 is 0 Å². The molecule has 1 atom stereocenters. The van der Waals surface area contributed by atoms with Crippen molar-refractivity contribution in [3.05, 3.63) is 69.9 Å². The van der Waals surface area contributed by atoms with Crippen molar-refractivity contribution in [3.8, 4) is 0 Å². The Morgan fingerprint density at radius 3 is 2.55 bits per heavy atom. The van der Waals surface area contributed by atoms with Gasteiger partial charge in [0.2, 0.25) is 0 Å². The molecule has 0 heterocycles. The SMILES string of the molecule is OC[C@H](Cc1ccccc1)NCc1ccc(Br)cc1F. The molecular formula is C16H17BrFNO. The van der Waals surface area contributed by atoms with Gasteiger partial charge in [0.25, 0.3) is 0 Å². The Balaban J connectivity index is 1.93. The maximum atomic E-state index is 13.7. The molecular weight excluding hydrogens is 321 g/mol. The average molecular weight is 338 g/mol. The molecule has 0 bridgehead atoms. The predicted octanol–water partition coefficient (Wildman–Crippen LogP) is 3.28. The molecule has 0 saturated carbocycles. The Hall–Kier alpha value is -1.23. The van der Waals surface area contributed by atoms with Crippen molar-refractivity contribution in [2.75, 3.05) is 6.61 Å². The lowest BCUT2D eigenvalue weighted by molar-refractivity contribution is 0.240. The van der Waals surface area contributed by atoms with E-state index in [0.717, 1.165) is 16.5 Å². The van der Waals surface area contributed by atoms with Gasteiger partial charge < -0.3 is 10.4 Å². The van der Waals surface area contributed by atoms with E-state index in [0.29, 0.717) is 12.1 Å². The standard InChI is InChI=1S/C16H17BrFNO/c17-14-7-6-13(16(18)9-14)10-19-15(11-20)8-12-4-2-1-3-5-12/h1-7,9,15,19-20H,8,10-11H2/t15-/m0/s1. The Labute approximate surface area is 126 Å². The van der Waals surface area contributed by atoms with Gasteiger partial charge >= 0.3 is 0 Å². The van der Waals surface area contributed by atoms with Crippen LogP contribution in [0.25, 0.3) is 0 Å². The fourth-order valence-electron chi connectivity index (χ4n) is 2.02. The first-order chi connectivity index (χ1) is 9.69. The summed E-state index contributed by atoms with van der Waals surface area (Å²) in [7, 11) is 0. The second-order valence-corrected chi connectivity index (χ2v) is 5.60. The zero-order valence-corrected chi connectivity index (χ0v) is 12.6. The van der Waals surface area contributed by atoms with Crippen LogP contribution in [0.3, 0.4) is 0 Å². The van der Waals surface area contributed by atoms with Gasteiger partial charge in [0.05, 0.1) is 6.61 Å². The van der Waals surface area contributed by atoms with E-state index in [4.69, 9.17) is 0 Å². The number of aliphatic hydroxyl groups excluding tert-OH is 1. The minimum atomic E-state index is -0.247. The molecule has 0 aliphatic carbocycles. The van der Waals surface area contributed by atoms with Crippen molar-refractivity contribution in [2.45, 2.75) is 19.0 Å². The summed E-state index contributed by atoms with van der Waals surface area (Å²) in [5.41, 5.74) is 1.75. The smallest absolute Gasteiger partial charge is 0.128 e. The fourth-order valence-corrected chi connectivity index (χ4v) is 2.35. The molecule has 0 radical (unpaired) electrons. The molecule has 0 spiro atoms. The molecule has 0 fully saturated rings. The van der Waals surface area contributed by atoms with Crippen LogP contribution in [0.4, 0.5) is 4.39 Å². The van der Waals surface area contributed by atoms with Crippen molar-refractivity contribution in [2.24, 2.45) is 0 Å². The Bertz CT molecular complexity index is 547. The van der Waals surface area contributed by atoms with Crippen molar-refractivity contribution in [1.29, 1.82) is 0 Å². The minimum absolute atomic E-state index is 0.0209. The lowest BCUT2D eigenvalue weighted by Gasteiger charge is -2.16. The largest absolute Gasteiger partial charge is 0.395 e. The van der Waals surface area contributed by atoms with Crippen LogP contribution in [0.5, 0.6) is 0 Å².